The van der Waals surface area contributed by atoms with Gasteiger partial charge in [-0.15, -0.1) is 11.8 Å². The zero-order valence-electron chi connectivity index (χ0n) is 23.8. The van der Waals surface area contributed by atoms with E-state index in [-0.39, 0.29) is 43.1 Å². The fraction of sp³-hybridized carbons (Fsp3) is 0.607. The van der Waals surface area contributed by atoms with Gasteiger partial charge in [-0.2, -0.15) is 0 Å². The van der Waals surface area contributed by atoms with Crippen LogP contribution in [-0.2, 0) is 31.0 Å². The van der Waals surface area contributed by atoms with Crippen LogP contribution in [0.15, 0.2) is 35.2 Å². The second-order valence-electron chi connectivity index (χ2n) is 11.2. The van der Waals surface area contributed by atoms with E-state index in [1.54, 1.807) is 12.1 Å². The maximum Gasteiger partial charge on any atom is 0.243 e. The largest absolute Gasteiger partial charge is 0.387 e. The number of sulfonamides is 1. The Labute approximate surface area is 257 Å². The highest BCUT2D eigenvalue weighted by atomic mass is 35.5. The third-order valence-electron chi connectivity index (χ3n) is 7.86. The van der Waals surface area contributed by atoms with Gasteiger partial charge in [-0.25, -0.2) is 13.1 Å². The van der Waals surface area contributed by atoms with E-state index in [1.807, 2.05) is 18.2 Å². The van der Waals surface area contributed by atoms with Crippen molar-refractivity contribution >= 4 is 51.0 Å². The van der Waals surface area contributed by atoms with Gasteiger partial charge in [0.05, 0.1) is 24.2 Å². The molecular formula is C28H41ClN6O5S2. The quantitative estimate of drug-likeness (QED) is 0.161. The van der Waals surface area contributed by atoms with Crippen molar-refractivity contribution in [1.29, 1.82) is 5.41 Å². The standard InChI is InChI=1S/C28H41ClN6O5S2/c1-42(38,39)34-23(8-4-18-10-12-32-13-11-18)28(37)35-16-21(40-17-19-2-5-20(29)6-3-19)14-24(35)27(36)33-15-22-7-9-25(41-22)26(30)31/h2-3,5-7,18,21,23-25,32,34H,4,8-17H2,1H3,(H3,30,31)(H,33,36)/t21-,23-,24+,25?/m1/s1. The molecule has 0 aromatic heterocycles. The molecule has 6 N–H and O–H groups in total. The number of nitrogens with zero attached hydrogens (tertiary/aromatic N) is 1. The van der Waals surface area contributed by atoms with E-state index in [0.29, 0.717) is 30.2 Å². The Balaban J connectivity index is 1.45. The Morgan fingerprint density at radius 3 is 2.62 bits per heavy atom. The summed E-state index contributed by atoms with van der Waals surface area (Å²) in [5.74, 6) is -0.241. The summed E-state index contributed by atoms with van der Waals surface area (Å²) >= 11 is 7.44. The summed E-state index contributed by atoms with van der Waals surface area (Å²) in [7, 11) is -3.68. The first kappa shape index (κ1) is 32.7. The average Bonchev–Trinajstić information content (AvgIpc) is 3.61. The Kier molecular flexibility index (Phi) is 11.7. The van der Waals surface area contributed by atoms with Crippen molar-refractivity contribution in [2.45, 2.75) is 68.6 Å². The zero-order chi connectivity index (χ0) is 30.3. The number of hydrogen-bond acceptors (Lipinski definition) is 8. The molecule has 1 aromatic rings. The molecule has 14 heteroatoms. The molecule has 0 bridgehead atoms. The number of ether oxygens (including phenoxy) is 1. The first-order chi connectivity index (χ1) is 20.0. The van der Waals surface area contributed by atoms with Crippen LogP contribution in [0.1, 0.15) is 44.1 Å². The van der Waals surface area contributed by atoms with Crippen molar-refractivity contribution in [3.05, 3.63) is 45.8 Å². The number of hydrogen-bond donors (Lipinski definition) is 5. The molecule has 42 heavy (non-hydrogen) atoms. The van der Waals surface area contributed by atoms with Crippen LogP contribution in [0.5, 0.6) is 0 Å². The number of carbonyl (C=O) groups is 2. The normalized spacial score (nSPS) is 23.9. The number of likely N-dealkylation sites (tertiary alicyclic amines) is 1. The Hall–Kier alpha value is -2.16. The molecule has 3 heterocycles. The van der Waals surface area contributed by atoms with Gasteiger partial charge in [-0.3, -0.25) is 15.0 Å². The van der Waals surface area contributed by atoms with Gasteiger partial charge in [0.25, 0.3) is 0 Å². The summed E-state index contributed by atoms with van der Waals surface area (Å²) < 4.78 is 33.2. The summed E-state index contributed by atoms with van der Waals surface area (Å²) in [6.45, 7) is 2.54. The van der Waals surface area contributed by atoms with Crippen LogP contribution in [0.4, 0.5) is 0 Å². The molecule has 3 aliphatic rings. The van der Waals surface area contributed by atoms with Gasteiger partial charge in [0.2, 0.25) is 21.8 Å². The molecule has 2 amide bonds. The van der Waals surface area contributed by atoms with E-state index in [2.05, 4.69) is 15.4 Å². The summed E-state index contributed by atoms with van der Waals surface area (Å²) in [6, 6.07) is 5.49. The maximum atomic E-state index is 13.9. The summed E-state index contributed by atoms with van der Waals surface area (Å²) in [4.78, 5) is 29.8. The highest BCUT2D eigenvalue weighted by Gasteiger charge is 2.43. The lowest BCUT2D eigenvalue weighted by atomic mass is 9.91. The van der Waals surface area contributed by atoms with Gasteiger partial charge in [0, 0.05) is 29.4 Å². The fourth-order valence-electron chi connectivity index (χ4n) is 5.58. The SMILES string of the molecule is CS(=O)(=O)N[C@H](CCC1CCNCC1)C(=O)N1C[C@H](OCc2ccc(Cl)cc2)C[C@H]1C(=O)NCC1=CCC(C(=N)N)S1. The average molecular weight is 641 g/mol. The monoisotopic (exact) mass is 640 g/mol. The van der Waals surface area contributed by atoms with Crippen molar-refractivity contribution in [3.8, 4) is 0 Å². The highest BCUT2D eigenvalue weighted by Crippen LogP contribution is 2.32. The third-order valence-corrected chi connectivity index (χ3v) is 10.2. The number of rotatable bonds is 13. The molecule has 11 nitrogen and oxygen atoms in total. The molecule has 1 unspecified atom stereocenters. The molecule has 4 atom stereocenters. The van der Waals surface area contributed by atoms with Crippen molar-refractivity contribution in [1.82, 2.24) is 20.3 Å². The fourth-order valence-corrected chi connectivity index (χ4v) is 7.48. The summed E-state index contributed by atoms with van der Waals surface area (Å²) in [5.41, 5.74) is 6.54. The highest BCUT2D eigenvalue weighted by molar-refractivity contribution is 8.04. The van der Waals surface area contributed by atoms with E-state index in [1.165, 1.54) is 16.7 Å². The lowest BCUT2D eigenvalue weighted by molar-refractivity contribution is -0.140. The first-order valence-electron chi connectivity index (χ1n) is 14.3. The molecule has 0 saturated carbocycles. The van der Waals surface area contributed by atoms with Crippen molar-refractivity contribution < 1.29 is 22.7 Å². The second-order valence-corrected chi connectivity index (χ2v) is 14.7. The van der Waals surface area contributed by atoms with Crippen molar-refractivity contribution in [3.63, 3.8) is 0 Å². The number of carbonyl (C=O) groups excluding carboxylic acids is 2. The van der Waals surface area contributed by atoms with Crippen LogP contribution in [0.25, 0.3) is 0 Å². The number of halogens is 1. The van der Waals surface area contributed by atoms with E-state index in [4.69, 9.17) is 27.5 Å². The van der Waals surface area contributed by atoms with E-state index in [9.17, 15) is 18.0 Å². The third kappa shape index (κ3) is 9.68. The predicted molar refractivity (Wildman–Crippen MR) is 166 cm³/mol. The van der Waals surface area contributed by atoms with Gasteiger partial charge in [-0.1, -0.05) is 29.8 Å². The van der Waals surface area contributed by atoms with Crippen LogP contribution in [0, 0.1) is 11.3 Å². The molecule has 0 radical (unpaired) electrons. The number of allylic oxidation sites excluding steroid dienone is 1. The number of nitrogens with one attached hydrogen (secondary N) is 4. The Bertz CT molecular complexity index is 1260. The minimum Gasteiger partial charge on any atom is -0.387 e. The van der Waals surface area contributed by atoms with Crippen molar-refractivity contribution in [2.24, 2.45) is 11.7 Å². The molecule has 2 fully saturated rings. The topological polar surface area (TPSA) is 167 Å². The smallest absolute Gasteiger partial charge is 0.243 e. The Morgan fingerprint density at radius 1 is 1.26 bits per heavy atom. The van der Waals surface area contributed by atoms with Crippen LogP contribution < -0.4 is 21.1 Å². The van der Waals surface area contributed by atoms with Crippen molar-refractivity contribution in [2.75, 3.05) is 32.4 Å². The summed E-state index contributed by atoms with van der Waals surface area (Å²) in [5, 5.41) is 14.4. The first-order valence-corrected chi connectivity index (χ1v) is 17.4. The van der Waals surface area contributed by atoms with Crippen LogP contribution in [-0.4, -0.2) is 86.8 Å². The molecule has 1 aromatic carbocycles. The van der Waals surface area contributed by atoms with Gasteiger partial charge >= 0.3 is 0 Å². The molecule has 232 valence electrons. The second kappa shape index (κ2) is 15.0. The van der Waals surface area contributed by atoms with Gasteiger partial charge in [0.15, 0.2) is 0 Å². The molecule has 2 saturated heterocycles. The number of piperidine rings is 1. The molecule has 3 aliphatic heterocycles. The predicted octanol–water partition coefficient (Wildman–Crippen LogP) is 1.97. The number of nitrogens with two attached hydrogens (primary N) is 1. The number of thioether (sulfide) groups is 1. The molecule has 0 spiro atoms. The van der Waals surface area contributed by atoms with E-state index >= 15 is 0 Å². The lowest BCUT2D eigenvalue weighted by Crippen LogP contribution is -2.53. The minimum atomic E-state index is -3.68. The van der Waals surface area contributed by atoms with Gasteiger partial charge in [-0.05, 0) is 68.8 Å². The van der Waals surface area contributed by atoms with Gasteiger partial charge < -0.3 is 26.0 Å². The minimum absolute atomic E-state index is 0.0970. The number of amidine groups is 1. The molecule has 4 rings (SSSR count). The Morgan fingerprint density at radius 2 is 1.98 bits per heavy atom. The molecular weight excluding hydrogens is 600 g/mol. The van der Waals surface area contributed by atoms with E-state index < -0.39 is 34.1 Å². The molecule has 0 aliphatic carbocycles. The summed E-state index contributed by atoms with van der Waals surface area (Å²) in [6.07, 6.45) is 6.54. The number of benzene rings is 1. The van der Waals surface area contributed by atoms with E-state index in [0.717, 1.165) is 42.7 Å². The number of amides is 2. The maximum absolute atomic E-state index is 13.9. The lowest BCUT2D eigenvalue weighted by Gasteiger charge is -2.30. The van der Waals surface area contributed by atoms with Gasteiger partial charge in [0.1, 0.15) is 17.9 Å². The zero-order valence-corrected chi connectivity index (χ0v) is 26.2. The van der Waals surface area contributed by atoms with Crippen LogP contribution in [0.3, 0.4) is 0 Å². The van der Waals surface area contributed by atoms with Crippen LogP contribution in [0.2, 0.25) is 5.02 Å². The van der Waals surface area contributed by atoms with Crippen LogP contribution >= 0.6 is 23.4 Å².